The van der Waals surface area contributed by atoms with Crippen LogP contribution in [0.3, 0.4) is 0 Å². The zero-order valence-corrected chi connectivity index (χ0v) is 10.4. The molecule has 0 saturated carbocycles. The molecule has 0 fully saturated rings. The van der Waals surface area contributed by atoms with Gasteiger partial charge in [0.2, 0.25) is 0 Å². The lowest BCUT2D eigenvalue weighted by atomic mass is 10.0. The summed E-state index contributed by atoms with van der Waals surface area (Å²) in [6.45, 7) is 3.47. The van der Waals surface area contributed by atoms with Gasteiger partial charge < -0.3 is 0 Å². The molecular weight excluding hydrogens is 271 g/mol. The van der Waals surface area contributed by atoms with Crippen LogP contribution in [0.4, 0.5) is 4.39 Å². The summed E-state index contributed by atoms with van der Waals surface area (Å²) >= 11 is 3.13. The smallest absolute Gasteiger partial charge is 0.137 e. The van der Waals surface area contributed by atoms with E-state index in [1.807, 2.05) is 0 Å². The fraction of sp³-hybridized carbons (Fsp3) is 0.167. The molecule has 0 bridgehead atoms. The van der Waals surface area contributed by atoms with E-state index in [0.29, 0.717) is 21.2 Å². The predicted molar refractivity (Wildman–Crippen MR) is 62.8 cm³/mol. The van der Waals surface area contributed by atoms with Gasteiger partial charge in [0.25, 0.3) is 0 Å². The summed E-state index contributed by atoms with van der Waals surface area (Å²) in [4.78, 5) is 0. The zero-order chi connectivity index (χ0) is 12.3. The highest BCUT2D eigenvalue weighted by Crippen LogP contribution is 2.27. The van der Waals surface area contributed by atoms with Crippen LogP contribution in [0.1, 0.15) is 16.7 Å². The molecule has 1 rings (SSSR count). The van der Waals surface area contributed by atoms with E-state index in [0.717, 1.165) is 0 Å². The van der Waals surface area contributed by atoms with E-state index >= 15 is 0 Å². The second kappa shape index (κ2) is 4.92. The van der Waals surface area contributed by atoms with E-state index in [1.165, 1.54) is 12.1 Å². The molecular formula is C12H8BrFN2. The summed E-state index contributed by atoms with van der Waals surface area (Å²) in [5.74, 6) is -0.345. The Morgan fingerprint density at radius 2 is 1.94 bits per heavy atom. The zero-order valence-electron chi connectivity index (χ0n) is 8.81. The number of aryl methyl sites for hydroxylation is 1. The maximum absolute atomic E-state index is 13.3. The number of hydrogen-bond donors (Lipinski definition) is 0. The molecule has 0 unspecified atom stereocenters. The molecule has 0 aromatic heterocycles. The van der Waals surface area contributed by atoms with Crippen molar-refractivity contribution < 1.29 is 4.39 Å². The summed E-state index contributed by atoms with van der Waals surface area (Å²) in [6, 6.07) is 4.93. The minimum atomic E-state index is -0.345. The lowest BCUT2D eigenvalue weighted by Crippen LogP contribution is -1.93. The summed E-state index contributed by atoms with van der Waals surface area (Å²) in [7, 11) is 0. The van der Waals surface area contributed by atoms with Gasteiger partial charge in [0.1, 0.15) is 23.5 Å². The number of allylic oxidation sites excluding steroid dienone is 1. The minimum absolute atomic E-state index is 0.00436. The van der Waals surface area contributed by atoms with Crippen LogP contribution in [-0.4, -0.2) is 0 Å². The first-order valence-electron chi connectivity index (χ1n) is 4.48. The normalized spacial score (nSPS) is 9.12. The molecule has 0 aliphatic carbocycles. The quantitative estimate of drug-likeness (QED) is 0.737. The minimum Gasteiger partial charge on any atom is -0.206 e. The Balaban J connectivity index is 3.49. The van der Waals surface area contributed by atoms with Gasteiger partial charge in [-0.15, -0.1) is 0 Å². The lowest BCUT2D eigenvalue weighted by molar-refractivity contribution is 0.618. The van der Waals surface area contributed by atoms with Crippen molar-refractivity contribution in [2.24, 2.45) is 0 Å². The molecule has 0 spiro atoms. The Hall–Kier alpha value is -1.65. The van der Waals surface area contributed by atoms with Crippen LogP contribution >= 0.6 is 15.9 Å². The fourth-order valence-corrected chi connectivity index (χ4v) is 1.71. The van der Waals surface area contributed by atoms with Crippen LogP contribution in [0.5, 0.6) is 0 Å². The number of halogens is 2. The van der Waals surface area contributed by atoms with Gasteiger partial charge in [0.15, 0.2) is 0 Å². The second-order valence-corrected chi connectivity index (χ2v) is 4.10. The van der Waals surface area contributed by atoms with Crippen LogP contribution in [0.2, 0.25) is 0 Å². The third kappa shape index (κ3) is 2.29. The average molecular weight is 279 g/mol. The van der Waals surface area contributed by atoms with Crippen LogP contribution < -0.4 is 0 Å². The van der Waals surface area contributed by atoms with Gasteiger partial charge in [-0.3, -0.25) is 0 Å². The fourth-order valence-electron chi connectivity index (χ4n) is 1.38. The van der Waals surface area contributed by atoms with E-state index < -0.39 is 0 Å². The maximum atomic E-state index is 13.3. The molecule has 1 aromatic carbocycles. The van der Waals surface area contributed by atoms with Crippen LogP contribution in [0.15, 0.2) is 16.1 Å². The van der Waals surface area contributed by atoms with E-state index in [4.69, 9.17) is 10.5 Å². The van der Waals surface area contributed by atoms with Crippen LogP contribution in [-0.2, 0) is 0 Å². The molecule has 2 nitrogen and oxygen atoms in total. The van der Waals surface area contributed by atoms with Gasteiger partial charge in [-0.2, -0.15) is 10.5 Å². The third-order valence-corrected chi connectivity index (χ3v) is 3.21. The Bertz CT molecular complexity index is 532. The van der Waals surface area contributed by atoms with Crippen molar-refractivity contribution in [1.29, 1.82) is 10.5 Å². The average Bonchev–Trinajstić information content (AvgIpc) is 2.27. The van der Waals surface area contributed by atoms with Crippen LogP contribution in [0.25, 0.3) is 6.08 Å². The van der Waals surface area contributed by atoms with Crippen molar-refractivity contribution in [2.45, 2.75) is 13.8 Å². The van der Waals surface area contributed by atoms with Crippen molar-refractivity contribution in [3.8, 4) is 12.1 Å². The summed E-state index contributed by atoms with van der Waals surface area (Å²) < 4.78 is 13.7. The summed E-state index contributed by atoms with van der Waals surface area (Å²) in [5, 5.41) is 17.3. The number of nitriles is 2. The predicted octanol–water partition coefficient (Wildman–Crippen LogP) is 3.64. The molecule has 0 heterocycles. The topological polar surface area (TPSA) is 47.6 Å². The van der Waals surface area contributed by atoms with Gasteiger partial charge in [-0.1, -0.05) is 0 Å². The number of rotatable bonds is 1. The highest BCUT2D eigenvalue weighted by Gasteiger charge is 2.10. The van der Waals surface area contributed by atoms with Gasteiger partial charge >= 0.3 is 0 Å². The number of benzene rings is 1. The van der Waals surface area contributed by atoms with Crippen molar-refractivity contribution in [3.63, 3.8) is 0 Å². The Kier molecular flexibility index (Phi) is 3.82. The molecule has 0 aliphatic heterocycles. The molecule has 0 aliphatic rings. The van der Waals surface area contributed by atoms with E-state index in [2.05, 4.69) is 15.9 Å². The maximum Gasteiger partial charge on any atom is 0.137 e. The molecule has 0 saturated heterocycles. The monoisotopic (exact) mass is 278 g/mol. The molecule has 16 heavy (non-hydrogen) atoms. The molecule has 0 amide bonds. The Labute approximate surface area is 102 Å². The highest BCUT2D eigenvalue weighted by molar-refractivity contribution is 9.10. The third-order valence-electron chi connectivity index (χ3n) is 2.24. The first-order valence-corrected chi connectivity index (χ1v) is 5.27. The van der Waals surface area contributed by atoms with Crippen LogP contribution in [0, 0.1) is 42.3 Å². The molecule has 0 atom stereocenters. The molecule has 0 radical (unpaired) electrons. The first-order chi connectivity index (χ1) is 7.51. The largest absolute Gasteiger partial charge is 0.206 e. The first kappa shape index (κ1) is 12.4. The molecule has 1 aromatic rings. The standard InChI is InChI=1S/C12H8BrFN2/c1-7-3-11(14)12(13)8(2)10(7)4-9(5-15)6-16/h3-4H,1-2H3. The van der Waals surface area contributed by atoms with Crippen molar-refractivity contribution in [2.75, 3.05) is 0 Å². The van der Waals surface area contributed by atoms with Crippen molar-refractivity contribution in [3.05, 3.63) is 38.6 Å². The highest BCUT2D eigenvalue weighted by atomic mass is 79.9. The summed E-state index contributed by atoms with van der Waals surface area (Å²) in [5.41, 5.74) is 2.08. The van der Waals surface area contributed by atoms with Gasteiger partial charge in [-0.25, -0.2) is 4.39 Å². The Morgan fingerprint density at radius 3 is 2.44 bits per heavy atom. The van der Waals surface area contributed by atoms with Gasteiger partial charge in [0.05, 0.1) is 4.47 Å². The van der Waals surface area contributed by atoms with E-state index in [9.17, 15) is 4.39 Å². The lowest BCUT2D eigenvalue weighted by Gasteiger charge is -2.08. The molecule has 80 valence electrons. The molecule has 4 heteroatoms. The second-order valence-electron chi connectivity index (χ2n) is 3.31. The SMILES string of the molecule is Cc1cc(F)c(Br)c(C)c1C=C(C#N)C#N. The number of nitrogens with zero attached hydrogens (tertiary/aromatic N) is 2. The van der Waals surface area contributed by atoms with Crippen molar-refractivity contribution >= 4 is 22.0 Å². The number of hydrogen-bond acceptors (Lipinski definition) is 2. The summed E-state index contributed by atoms with van der Waals surface area (Å²) in [6.07, 6.45) is 1.47. The van der Waals surface area contributed by atoms with E-state index in [-0.39, 0.29) is 11.4 Å². The van der Waals surface area contributed by atoms with Gasteiger partial charge in [-0.05, 0) is 58.6 Å². The van der Waals surface area contributed by atoms with Crippen molar-refractivity contribution in [1.82, 2.24) is 0 Å². The van der Waals surface area contributed by atoms with Gasteiger partial charge in [0, 0.05) is 0 Å². The Morgan fingerprint density at radius 1 is 1.38 bits per heavy atom. The molecule has 0 N–H and O–H groups in total. The van der Waals surface area contributed by atoms with E-state index in [1.54, 1.807) is 26.0 Å².